The van der Waals surface area contributed by atoms with Gasteiger partial charge in [-0.15, -0.1) is 0 Å². The molecule has 0 radical (unpaired) electrons. The molecule has 0 saturated heterocycles. The number of rotatable bonds is 5. The Morgan fingerprint density at radius 1 is 1.18 bits per heavy atom. The molecule has 22 heavy (non-hydrogen) atoms. The molecule has 0 unspecified atom stereocenters. The molecular weight excluding hydrogens is 284 g/mol. The topological polar surface area (TPSA) is 93.2 Å². The van der Waals surface area contributed by atoms with Crippen LogP contribution in [0.3, 0.4) is 0 Å². The normalized spacial score (nSPS) is 10.8. The summed E-state index contributed by atoms with van der Waals surface area (Å²) in [4.78, 5) is 10.8. The van der Waals surface area contributed by atoms with E-state index in [0.29, 0.717) is 6.54 Å². The molecule has 0 amide bonds. The van der Waals surface area contributed by atoms with Crippen LogP contribution >= 0.6 is 0 Å². The molecule has 3 aromatic rings. The van der Waals surface area contributed by atoms with Crippen molar-refractivity contribution in [1.82, 2.24) is 19.6 Å². The average molecular weight is 298 g/mol. The summed E-state index contributed by atoms with van der Waals surface area (Å²) in [5.74, 6) is -0.951. The Kier molecular flexibility index (Phi) is 3.71. The number of carbonyl (C=O) groups is 1. The molecule has 112 valence electrons. The van der Waals surface area contributed by atoms with E-state index < -0.39 is 5.97 Å². The van der Waals surface area contributed by atoms with Gasteiger partial charge >= 0.3 is 5.97 Å². The lowest BCUT2D eigenvalue weighted by molar-refractivity contribution is 0.0697. The maximum absolute atomic E-state index is 10.8. The Balaban J connectivity index is 1.84. The van der Waals surface area contributed by atoms with Crippen LogP contribution in [-0.2, 0) is 6.54 Å². The van der Waals surface area contributed by atoms with Gasteiger partial charge in [0.2, 0.25) is 0 Å². The van der Waals surface area contributed by atoms with Crippen molar-refractivity contribution < 1.29 is 15.0 Å². The SMILES string of the molecule is O=C(O)c1ccc(-c2ccn(-c3cnn(CCO)c3)n2)cc1. The summed E-state index contributed by atoms with van der Waals surface area (Å²) in [7, 11) is 0. The van der Waals surface area contributed by atoms with Crippen molar-refractivity contribution in [3.63, 3.8) is 0 Å². The first-order valence-corrected chi connectivity index (χ1v) is 6.70. The Morgan fingerprint density at radius 2 is 1.95 bits per heavy atom. The number of hydrogen-bond acceptors (Lipinski definition) is 4. The summed E-state index contributed by atoms with van der Waals surface area (Å²) >= 11 is 0. The lowest BCUT2D eigenvalue weighted by atomic mass is 10.1. The van der Waals surface area contributed by atoms with Crippen molar-refractivity contribution >= 4 is 5.97 Å². The predicted molar refractivity (Wildman–Crippen MR) is 78.8 cm³/mol. The molecule has 0 bridgehead atoms. The van der Waals surface area contributed by atoms with Gasteiger partial charge in [-0.2, -0.15) is 10.2 Å². The van der Waals surface area contributed by atoms with Crippen molar-refractivity contribution in [2.24, 2.45) is 0 Å². The van der Waals surface area contributed by atoms with E-state index in [2.05, 4.69) is 10.2 Å². The molecule has 2 heterocycles. The molecule has 0 aliphatic rings. The van der Waals surface area contributed by atoms with Crippen LogP contribution in [0.1, 0.15) is 10.4 Å². The van der Waals surface area contributed by atoms with Gasteiger partial charge < -0.3 is 10.2 Å². The van der Waals surface area contributed by atoms with Gasteiger partial charge in [-0.3, -0.25) is 4.68 Å². The second-order valence-electron chi connectivity index (χ2n) is 4.71. The molecule has 0 spiro atoms. The Hall–Kier alpha value is -2.93. The van der Waals surface area contributed by atoms with E-state index in [1.54, 1.807) is 52.2 Å². The first kappa shape index (κ1) is 14.0. The van der Waals surface area contributed by atoms with Crippen LogP contribution in [0.4, 0.5) is 0 Å². The van der Waals surface area contributed by atoms with Crippen LogP contribution in [-0.4, -0.2) is 42.4 Å². The summed E-state index contributed by atoms with van der Waals surface area (Å²) in [5.41, 5.74) is 2.62. The molecular formula is C15H14N4O3. The second kappa shape index (κ2) is 5.82. The van der Waals surface area contributed by atoms with Crippen molar-refractivity contribution in [3.8, 4) is 16.9 Å². The molecule has 7 nitrogen and oxygen atoms in total. The highest BCUT2D eigenvalue weighted by Gasteiger charge is 2.07. The molecule has 0 fully saturated rings. The summed E-state index contributed by atoms with van der Waals surface area (Å²) < 4.78 is 3.32. The fraction of sp³-hybridized carbons (Fsp3) is 0.133. The number of carboxylic acids is 1. The van der Waals surface area contributed by atoms with Crippen molar-refractivity contribution in [2.75, 3.05) is 6.61 Å². The van der Waals surface area contributed by atoms with Gasteiger partial charge in [0.05, 0.1) is 36.8 Å². The quantitative estimate of drug-likeness (QED) is 0.743. The van der Waals surface area contributed by atoms with Crippen molar-refractivity contribution in [2.45, 2.75) is 6.54 Å². The number of hydrogen-bond donors (Lipinski definition) is 2. The van der Waals surface area contributed by atoms with Crippen LogP contribution in [0.5, 0.6) is 0 Å². The summed E-state index contributed by atoms with van der Waals surface area (Å²) in [6, 6.07) is 8.40. The minimum atomic E-state index is -0.951. The monoisotopic (exact) mass is 298 g/mol. The molecule has 0 aliphatic heterocycles. The largest absolute Gasteiger partial charge is 0.478 e. The summed E-state index contributed by atoms with van der Waals surface area (Å²) in [6.07, 6.45) is 5.27. The minimum Gasteiger partial charge on any atom is -0.478 e. The van der Waals surface area contributed by atoms with Gasteiger partial charge in [0.15, 0.2) is 0 Å². The molecule has 2 aromatic heterocycles. The first-order valence-electron chi connectivity index (χ1n) is 6.70. The zero-order valence-corrected chi connectivity index (χ0v) is 11.6. The molecule has 7 heteroatoms. The van der Waals surface area contributed by atoms with E-state index in [1.165, 1.54) is 0 Å². The van der Waals surface area contributed by atoms with Crippen LogP contribution in [0.15, 0.2) is 48.9 Å². The number of aliphatic hydroxyl groups excluding tert-OH is 1. The minimum absolute atomic E-state index is 0.0292. The van der Waals surface area contributed by atoms with E-state index in [-0.39, 0.29) is 12.2 Å². The van der Waals surface area contributed by atoms with E-state index in [9.17, 15) is 4.79 Å². The lowest BCUT2D eigenvalue weighted by Crippen LogP contribution is -2.01. The average Bonchev–Trinajstić information content (AvgIpc) is 3.16. The third-order valence-corrected chi connectivity index (χ3v) is 3.23. The van der Waals surface area contributed by atoms with Gasteiger partial charge in [0, 0.05) is 11.8 Å². The molecule has 1 aromatic carbocycles. The number of aromatic carboxylic acids is 1. The van der Waals surface area contributed by atoms with Crippen LogP contribution in [0.2, 0.25) is 0 Å². The van der Waals surface area contributed by atoms with Gasteiger partial charge in [0.1, 0.15) is 5.69 Å². The van der Waals surface area contributed by atoms with Crippen molar-refractivity contribution in [3.05, 3.63) is 54.5 Å². The predicted octanol–water partition coefficient (Wildman–Crippen LogP) is 1.43. The van der Waals surface area contributed by atoms with E-state index >= 15 is 0 Å². The van der Waals surface area contributed by atoms with Crippen LogP contribution in [0.25, 0.3) is 16.9 Å². The van der Waals surface area contributed by atoms with E-state index in [1.807, 2.05) is 6.07 Å². The maximum atomic E-state index is 10.8. The Morgan fingerprint density at radius 3 is 2.64 bits per heavy atom. The van der Waals surface area contributed by atoms with E-state index in [0.717, 1.165) is 16.9 Å². The molecule has 0 saturated carbocycles. The van der Waals surface area contributed by atoms with Crippen molar-refractivity contribution in [1.29, 1.82) is 0 Å². The van der Waals surface area contributed by atoms with Gasteiger partial charge in [-0.1, -0.05) is 12.1 Å². The number of nitrogens with zero attached hydrogens (tertiary/aromatic N) is 4. The molecule has 3 rings (SSSR count). The fourth-order valence-corrected chi connectivity index (χ4v) is 2.10. The third kappa shape index (κ3) is 2.75. The number of carboxylic acid groups (broad SMARTS) is 1. The number of aromatic nitrogens is 4. The Bertz CT molecular complexity index is 789. The Labute approximate surface area is 126 Å². The van der Waals surface area contributed by atoms with Gasteiger partial charge in [-0.25, -0.2) is 9.48 Å². The smallest absolute Gasteiger partial charge is 0.335 e. The fourth-order valence-electron chi connectivity index (χ4n) is 2.10. The van der Waals surface area contributed by atoms with Crippen LogP contribution in [0, 0.1) is 0 Å². The number of benzene rings is 1. The van der Waals surface area contributed by atoms with Crippen LogP contribution < -0.4 is 0 Å². The summed E-state index contributed by atoms with van der Waals surface area (Å²) in [6.45, 7) is 0.464. The zero-order chi connectivity index (χ0) is 15.5. The zero-order valence-electron chi connectivity index (χ0n) is 11.6. The molecule has 0 atom stereocenters. The van der Waals surface area contributed by atoms with Gasteiger partial charge in [-0.05, 0) is 18.2 Å². The third-order valence-electron chi connectivity index (χ3n) is 3.23. The number of aliphatic hydroxyl groups is 1. The van der Waals surface area contributed by atoms with E-state index in [4.69, 9.17) is 10.2 Å². The van der Waals surface area contributed by atoms with Gasteiger partial charge in [0.25, 0.3) is 0 Å². The highest BCUT2D eigenvalue weighted by atomic mass is 16.4. The maximum Gasteiger partial charge on any atom is 0.335 e. The molecule has 0 aliphatic carbocycles. The first-order chi connectivity index (χ1) is 10.7. The lowest BCUT2D eigenvalue weighted by Gasteiger charge is -1.99. The summed E-state index contributed by atoms with van der Waals surface area (Å²) in [5, 5.41) is 26.4. The molecule has 2 N–H and O–H groups in total. The second-order valence-corrected chi connectivity index (χ2v) is 4.71. The highest BCUT2D eigenvalue weighted by molar-refractivity contribution is 5.88. The highest BCUT2D eigenvalue weighted by Crippen LogP contribution is 2.19. The standard InChI is InChI=1S/C15H14N4O3/c20-8-7-18-10-13(9-16-18)19-6-5-14(17-19)11-1-3-12(4-2-11)15(21)22/h1-6,9-10,20H,7-8H2,(H,21,22).